The first-order chi connectivity index (χ1) is 18.7. The van der Waals surface area contributed by atoms with E-state index in [4.69, 9.17) is 9.90 Å². The van der Waals surface area contributed by atoms with Gasteiger partial charge in [-0.05, 0) is 65.6 Å². The molecule has 5 rings (SSSR count). The standard InChI is InChI=1S/C27H23FN4.C2HF3O2/c28-24-9-10-25-26(17-24)32-27(31-25)23-7-5-22(6-8-23)21-3-1-20(2-4-21)18-30-16-13-19-11-14-29-15-12-19;3-2(4,5)1(6)7/h1-12,14-15,17,30H,13,16,18H2,(H,31,32);(H,6,7). The Balaban J connectivity index is 0.000000448. The Bertz CT molecular complexity index is 1520. The van der Waals surface area contributed by atoms with Crippen LogP contribution < -0.4 is 5.32 Å². The molecular formula is C29H24F4N4O2. The SMILES string of the molecule is Fc1ccc2nc(-c3ccc(-c4ccc(CNCCc5ccncc5)cc4)cc3)[nH]c2c1.O=C(O)C(F)(F)F. The van der Waals surface area contributed by atoms with Gasteiger partial charge in [0.1, 0.15) is 11.6 Å². The fourth-order valence-electron chi connectivity index (χ4n) is 3.77. The van der Waals surface area contributed by atoms with E-state index >= 15 is 0 Å². The maximum Gasteiger partial charge on any atom is 0.490 e. The predicted molar refractivity (Wildman–Crippen MR) is 140 cm³/mol. The predicted octanol–water partition coefficient (Wildman–Crippen LogP) is 6.40. The summed E-state index contributed by atoms with van der Waals surface area (Å²) in [7, 11) is 0. The molecule has 0 spiro atoms. The second kappa shape index (κ2) is 12.3. The normalized spacial score (nSPS) is 11.2. The van der Waals surface area contributed by atoms with Crippen molar-refractivity contribution in [1.82, 2.24) is 20.3 Å². The third-order valence-corrected chi connectivity index (χ3v) is 5.80. The van der Waals surface area contributed by atoms with Gasteiger partial charge in [0.05, 0.1) is 11.0 Å². The Labute approximate surface area is 221 Å². The number of alkyl halides is 3. The van der Waals surface area contributed by atoms with E-state index in [1.807, 2.05) is 24.5 Å². The first-order valence-electron chi connectivity index (χ1n) is 11.9. The van der Waals surface area contributed by atoms with Gasteiger partial charge in [0.2, 0.25) is 0 Å². The minimum Gasteiger partial charge on any atom is -0.475 e. The van der Waals surface area contributed by atoms with Crippen LogP contribution in [0.25, 0.3) is 33.5 Å². The van der Waals surface area contributed by atoms with Crippen molar-refractivity contribution >= 4 is 17.0 Å². The van der Waals surface area contributed by atoms with Crippen molar-refractivity contribution in [3.8, 4) is 22.5 Å². The van der Waals surface area contributed by atoms with Gasteiger partial charge in [-0.15, -0.1) is 0 Å². The zero-order chi connectivity index (χ0) is 27.8. The van der Waals surface area contributed by atoms with Crippen LogP contribution in [0.5, 0.6) is 0 Å². The second-order valence-electron chi connectivity index (χ2n) is 8.61. The molecule has 0 aliphatic heterocycles. The van der Waals surface area contributed by atoms with Gasteiger partial charge in [0.15, 0.2) is 0 Å². The highest BCUT2D eigenvalue weighted by Gasteiger charge is 2.38. The quantitative estimate of drug-likeness (QED) is 0.166. The van der Waals surface area contributed by atoms with Gasteiger partial charge in [-0.2, -0.15) is 13.2 Å². The highest BCUT2D eigenvalue weighted by molar-refractivity contribution is 5.80. The van der Waals surface area contributed by atoms with Gasteiger partial charge in [-0.1, -0.05) is 48.5 Å². The van der Waals surface area contributed by atoms with Crippen molar-refractivity contribution in [2.24, 2.45) is 0 Å². The van der Waals surface area contributed by atoms with Gasteiger partial charge in [0, 0.05) is 24.5 Å². The summed E-state index contributed by atoms with van der Waals surface area (Å²) in [5, 5.41) is 10.6. The number of carboxylic acid groups (broad SMARTS) is 1. The van der Waals surface area contributed by atoms with Gasteiger partial charge < -0.3 is 15.4 Å². The number of hydrogen-bond donors (Lipinski definition) is 3. The molecule has 3 N–H and O–H groups in total. The third-order valence-electron chi connectivity index (χ3n) is 5.80. The number of imidazole rings is 1. The van der Waals surface area contributed by atoms with E-state index in [1.54, 1.807) is 6.07 Å². The lowest BCUT2D eigenvalue weighted by Crippen LogP contribution is -2.21. The molecule has 39 heavy (non-hydrogen) atoms. The molecule has 200 valence electrons. The number of aromatic nitrogens is 3. The van der Waals surface area contributed by atoms with Crippen LogP contribution in [0.3, 0.4) is 0 Å². The van der Waals surface area contributed by atoms with E-state index in [9.17, 15) is 17.6 Å². The number of hydrogen-bond acceptors (Lipinski definition) is 4. The van der Waals surface area contributed by atoms with E-state index < -0.39 is 12.1 Å². The lowest BCUT2D eigenvalue weighted by atomic mass is 10.0. The molecule has 0 aliphatic carbocycles. The molecule has 0 atom stereocenters. The number of aliphatic carboxylic acids is 1. The average Bonchev–Trinajstić information content (AvgIpc) is 3.35. The summed E-state index contributed by atoms with van der Waals surface area (Å²) in [5.41, 5.74) is 7.30. The molecule has 0 aliphatic rings. The van der Waals surface area contributed by atoms with E-state index in [2.05, 4.69) is 68.8 Å². The molecule has 0 fully saturated rings. The fraction of sp³-hybridized carbons (Fsp3) is 0.138. The molecule has 10 heteroatoms. The largest absolute Gasteiger partial charge is 0.490 e. The van der Waals surface area contributed by atoms with Crippen molar-refractivity contribution in [1.29, 1.82) is 0 Å². The average molecular weight is 537 g/mol. The lowest BCUT2D eigenvalue weighted by Gasteiger charge is -2.07. The van der Waals surface area contributed by atoms with Crippen molar-refractivity contribution in [2.45, 2.75) is 19.1 Å². The Hall–Kier alpha value is -4.57. The first-order valence-corrected chi connectivity index (χ1v) is 11.9. The van der Waals surface area contributed by atoms with Crippen LogP contribution in [0.4, 0.5) is 17.6 Å². The summed E-state index contributed by atoms with van der Waals surface area (Å²) < 4.78 is 45.2. The van der Waals surface area contributed by atoms with Crippen molar-refractivity contribution in [2.75, 3.05) is 6.54 Å². The van der Waals surface area contributed by atoms with Crippen LogP contribution in [0, 0.1) is 5.82 Å². The van der Waals surface area contributed by atoms with E-state index in [0.717, 1.165) is 42.0 Å². The lowest BCUT2D eigenvalue weighted by molar-refractivity contribution is -0.192. The molecule has 0 bridgehead atoms. The topological polar surface area (TPSA) is 90.9 Å². The second-order valence-corrected chi connectivity index (χ2v) is 8.61. The van der Waals surface area contributed by atoms with E-state index in [-0.39, 0.29) is 5.82 Å². The van der Waals surface area contributed by atoms with Crippen LogP contribution in [0.2, 0.25) is 0 Å². The van der Waals surface area contributed by atoms with Crippen molar-refractivity contribution in [3.05, 3.63) is 108 Å². The number of rotatable bonds is 7. The fourth-order valence-corrected chi connectivity index (χ4v) is 3.77. The molecule has 6 nitrogen and oxygen atoms in total. The summed E-state index contributed by atoms with van der Waals surface area (Å²) in [4.78, 5) is 20.7. The molecule has 5 aromatic rings. The zero-order valence-electron chi connectivity index (χ0n) is 20.5. The van der Waals surface area contributed by atoms with Gasteiger partial charge in [-0.3, -0.25) is 4.98 Å². The number of aromatic amines is 1. The van der Waals surface area contributed by atoms with Crippen molar-refractivity contribution in [3.63, 3.8) is 0 Å². The smallest absolute Gasteiger partial charge is 0.475 e. The van der Waals surface area contributed by atoms with Gasteiger partial charge >= 0.3 is 12.1 Å². The molecule has 2 aromatic heterocycles. The molecule has 0 saturated carbocycles. The Morgan fingerprint density at radius 2 is 1.44 bits per heavy atom. The molecule has 2 heterocycles. The van der Waals surface area contributed by atoms with Crippen molar-refractivity contribution < 1.29 is 27.5 Å². The number of nitrogens with one attached hydrogen (secondary N) is 2. The maximum atomic E-state index is 13.4. The molecule has 0 radical (unpaired) electrons. The third kappa shape index (κ3) is 7.71. The number of nitrogens with zero attached hydrogens (tertiary/aromatic N) is 2. The van der Waals surface area contributed by atoms with Crippen LogP contribution in [-0.4, -0.2) is 38.7 Å². The van der Waals surface area contributed by atoms with Crippen LogP contribution in [-0.2, 0) is 17.8 Å². The van der Waals surface area contributed by atoms with Crippen LogP contribution in [0.15, 0.2) is 91.3 Å². The molecule has 0 amide bonds. The minimum atomic E-state index is -5.08. The number of fused-ring (bicyclic) bond motifs is 1. The Kier molecular flexibility index (Phi) is 8.67. The molecule has 0 saturated heterocycles. The van der Waals surface area contributed by atoms with Gasteiger partial charge in [0.25, 0.3) is 0 Å². The summed E-state index contributed by atoms with van der Waals surface area (Å²) in [5.74, 6) is -2.28. The zero-order valence-corrected chi connectivity index (χ0v) is 20.5. The number of H-pyrrole nitrogens is 1. The monoisotopic (exact) mass is 536 g/mol. The highest BCUT2D eigenvalue weighted by Crippen LogP contribution is 2.25. The summed E-state index contributed by atoms with van der Waals surface area (Å²) in [6, 6.07) is 25.6. The Morgan fingerprint density at radius 3 is 2.05 bits per heavy atom. The van der Waals surface area contributed by atoms with Crippen LogP contribution >= 0.6 is 0 Å². The number of carboxylic acids is 1. The minimum absolute atomic E-state index is 0.268. The first kappa shape index (κ1) is 27.5. The molecule has 0 unspecified atom stereocenters. The molecular weight excluding hydrogens is 512 g/mol. The van der Waals surface area contributed by atoms with E-state index in [0.29, 0.717) is 5.52 Å². The number of benzene rings is 3. The van der Waals surface area contributed by atoms with Crippen LogP contribution in [0.1, 0.15) is 11.1 Å². The Morgan fingerprint density at radius 1 is 0.846 bits per heavy atom. The summed E-state index contributed by atoms with van der Waals surface area (Å²) in [6.45, 7) is 1.78. The number of carbonyl (C=O) groups is 1. The number of pyridine rings is 1. The summed E-state index contributed by atoms with van der Waals surface area (Å²) in [6.07, 6.45) is -0.427. The number of halogens is 4. The summed E-state index contributed by atoms with van der Waals surface area (Å²) >= 11 is 0. The van der Waals surface area contributed by atoms with E-state index in [1.165, 1.54) is 28.8 Å². The molecule has 3 aromatic carbocycles. The maximum absolute atomic E-state index is 13.4. The van der Waals surface area contributed by atoms with Gasteiger partial charge in [-0.25, -0.2) is 14.2 Å². The highest BCUT2D eigenvalue weighted by atomic mass is 19.4.